The summed E-state index contributed by atoms with van der Waals surface area (Å²) < 4.78 is 13.1. The third-order valence-electron chi connectivity index (χ3n) is 4.10. The first-order valence-electron chi connectivity index (χ1n) is 9.01. The minimum atomic E-state index is -0.330. The molecule has 150 valence electrons. The van der Waals surface area contributed by atoms with E-state index in [9.17, 15) is 14.0 Å². The van der Waals surface area contributed by atoms with E-state index >= 15 is 0 Å². The highest BCUT2D eigenvalue weighted by molar-refractivity contribution is 7.17. The number of thiazole rings is 1. The lowest BCUT2D eigenvalue weighted by atomic mass is 10.2. The SMILES string of the molecule is CCCNC(=O)c1ccc(NC(=O)c2sc(-c3ccc(F)cc3)nc2C)cc1Cl. The summed E-state index contributed by atoms with van der Waals surface area (Å²) in [5.41, 5.74) is 2.14. The number of rotatable bonds is 6. The van der Waals surface area contributed by atoms with Crippen LogP contribution in [-0.4, -0.2) is 23.3 Å². The summed E-state index contributed by atoms with van der Waals surface area (Å²) >= 11 is 7.43. The number of hydrogen-bond acceptors (Lipinski definition) is 4. The van der Waals surface area contributed by atoms with Gasteiger partial charge in [-0.2, -0.15) is 0 Å². The fourth-order valence-electron chi connectivity index (χ4n) is 2.62. The minimum absolute atomic E-state index is 0.253. The van der Waals surface area contributed by atoms with Gasteiger partial charge in [-0.3, -0.25) is 9.59 Å². The zero-order valence-electron chi connectivity index (χ0n) is 15.9. The average Bonchev–Trinajstić information content (AvgIpc) is 3.08. The maximum atomic E-state index is 13.1. The van der Waals surface area contributed by atoms with E-state index in [4.69, 9.17) is 11.6 Å². The highest BCUT2D eigenvalue weighted by atomic mass is 35.5. The molecule has 0 fully saturated rings. The normalized spacial score (nSPS) is 10.6. The standard InChI is InChI=1S/C21H19ClFN3O2S/c1-3-10-24-19(27)16-9-8-15(11-17(16)22)26-20(28)18-12(2)25-21(29-18)13-4-6-14(23)7-5-13/h4-9,11H,3,10H2,1-2H3,(H,24,27)(H,26,28). The summed E-state index contributed by atoms with van der Waals surface area (Å²) in [6, 6.07) is 10.7. The number of hydrogen-bond donors (Lipinski definition) is 2. The number of amides is 2. The predicted molar refractivity (Wildman–Crippen MR) is 114 cm³/mol. The molecule has 0 bridgehead atoms. The van der Waals surface area contributed by atoms with Gasteiger partial charge in [-0.25, -0.2) is 9.37 Å². The molecule has 1 heterocycles. The number of aryl methyl sites for hydroxylation is 1. The zero-order valence-corrected chi connectivity index (χ0v) is 17.5. The largest absolute Gasteiger partial charge is 0.352 e. The monoisotopic (exact) mass is 431 g/mol. The first-order chi connectivity index (χ1) is 13.9. The Balaban J connectivity index is 1.76. The van der Waals surface area contributed by atoms with Gasteiger partial charge in [0.1, 0.15) is 15.7 Å². The number of benzene rings is 2. The molecule has 0 unspecified atom stereocenters. The summed E-state index contributed by atoms with van der Waals surface area (Å²) in [4.78, 5) is 29.6. The van der Waals surface area contributed by atoms with Gasteiger partial charge in [0.05, 0.1) is 16.3 Å². The highest BCUT2D eigenvalue weighted by Gasteiger charge is 2.17. The van der Waals surface area contributed by atoms with E-state index in [1.807, 2.05) is 6.92 Å². The van der Waals surface area contributed by atoms with Crippen molar-refractivity contribution >= 4 is 40.4 Å². The van der Waals surface area contributed by atoms with Gasteiger partial charge in [-0.1, -0.05) is 18.5 Å². The van der Waals surface area contributed by atoms with E-state index in [1.54, 1.807) is 31.2 Å². The Labute approximate surface area is 176 Å². The van der Waals surface area contributed by atoms with E-state index < -0.39 is 0 Å². The molecule has 0 saturated heterocycles. The predicted octanol–water partition coefficient (Wildman–Crippen LogP) is 5.30. The van der Waals surface area contributed by atoms with Crippen LogP contribution in [0, 0.1) is 12.7 Å². The first-order valence-corrected chi connectivity index (χ1v) is 10.2. The van der Waals surface area contributed by atoms with Crippen molar-refractivity contribution in [2.45, 2.75) is 20.3 Å². The second-order valence-corrected chi connectivity index (χ2v) is 7.75. The lowest BCUT2D eigenvalue weighted by Gasteiger charge is -2.09. The zero-order chi connectivity index (χ0) is 21.0. The summed E-state index contributed by atoms with van der Waals surface area (Å²) in [6.07, 6.45) is 0.825. The maximum absolute atomic E-state index is 13.1. The topological polar surface area (TPSA) is 71.1 Å². The van der Waals surface area contributed by atoms with Crippen molar-refractivity contribution in [1.82, 2.24) is 10.3 Å². The molecular weight excluding hydrogens is 413 g/mol. The molecule has 0 aliphatic rings. The van der Waals surface area contributed by atoms with Crippen molar-refractivity contribution < 1.29 is 14.0 Å². The van der Waals surface area contributed by atoms with Gasteiger partial charge in [-0.05, 0) is 55.8 Å². The molecular formula is C21H19ClFN3O2S. The summed E-state index contributed by atoms with van der Waals surface area (Å²) in [6.45, 7) is 4.27. The van der Waals surface area contributed by atoms with E-state index in [2.05, 4.69) is 15.6 Å². The molecule has 2 aromatic carbocycles. The van der Waals surface area contributed by atoms with Crippen LogP contribution in [0.4, 0.5) is 10.1 Å². The second-order valence-electron chi connectivity index (χ2n) is 6.35. The number of carbonyl (C=O) groups excluding carboxylic acids is 2. The van der Waals surface area contributed by atoms with Crippen molar-refractivity contribution in [3.05, 3.63) is 69.4 Å². The van der Waals surface area contributed by atoms with Crippen LogP contribution in [0.3, 0.4) is 0 Å². The molecule has 0 aliphatic carbocycles. The van der Waals surface area contributed by atoms with Crippen molar-refractivity contribution in [3.63, 3.8) is 0 Å². The van der Waals surface area contributed by atoms with Crippen LogP contribution in [0.15, 0.2) is 42.5 Å². The van der Waals surface area contributed by atoms with Crippen LogP contribution in [0.5, 0.6) is 0 Å². The van der Waals surface area contributed by atoms with Gasteiger partial charge in [0, 0.05) is 17.8 Å². The molecule has 3 rings (SSSR count). The highest BCUT2D eigenvalue weighted by Crippen LogP contribution is 2.29. The Hall–Kier alpha value is -2.77. The molecule has 29 heavy (non-hydrogen) atoms. The number of carbonyl (C=O) groups is 2. The van der Waals surface area contributed by atoms with Crippen molar-refractivity contribution in [1.29, 1.82) is 0 Å². The second kappa shape index (κ2) is 9.15. The molecule has 2 amide bonds. The number of anilines is 1. The molecule has 2 N–H and O–H groups in total. The van der Waals surface area contributed by atoms with Gasteiger partial charge in [-0.15, -0.1) is 11.3 Å². The van der Waals surface area contributed by atoms with Crippen LogP contribution in [0.1, 0.15) is 39.1 Å². The fourth-order valence-corrected chi connectivity index (χ4v) is 3.85. The maximum Gasteiger partial charge on any atom is 0.267 e. The van der Waals surface area contributed by atoms with Crippen molar-refractivity contribution in [3.8, 4) is 10.6 Å². The summed E-state index contributed by atoms with van der Waals surface area (Å²) in [7, 11) is 0. The summed E-state index contributed by atoms with van der Waals surface area (Å²) in [5, 5.41) is 6.43. The molecule has 5 nitrogen and oxygen atoms in total. The Kier molecular flexibility index (Phi) is 6.61. The molecule has 1 aromatic heterocycles. The lowest BCUT2D eigenvalue weighted by Crippen LogP contribution is -2.24. The molecule has 8 heteroatoms. The molecule has 0 aliphatic heterocycles. The van der Waals surface area contributed by atoms with Crippen LogP contribution < -0.4 is 10.6 Å². The number of halogens is 2. The first kappa shape index (κ1) is 21.0. The van der Waals surface area contributed by atoms with Gasteiger partial charge in [0.25, 0.3) is 11.8 Å². The van der Waals surface area contributed by atoms with Crippen molar-refractivity contribution in [2.24, 2.45) is 0 Å². The summed E-state index contributed by atoms with van der Waals surface area (Å²) in [5.74, 6) is -0.909. The Bertz CT molecular complexity index is 1050. The Morgan fingerprint density at radius 3 is 2.52 bits per heavy atom. The molecule has 0 radical (unpaired) electrons. The van der Waals surface area contributed by atoms with Gasteiger partial charge in [0.15, 0.2) is 0 Å². The van der Waals surface area contributed by atoms with Gasteiger partial charge in [0.2, 0.25) is 0 Å². The Morgan fingerprint density at radius 1 is 1.14 bits per heavy atom. The van der Waals surface area contributed by atoms with E-state index in [-0.39, 0.29) is 22.7 Å². The third-order valence-corrected chi connectivity index (χ3v) is 5.62. The van der Waals surface area contributed by atoms with Crippen molar-refractivity contribution in [2.75, 3.05) is 11.9 Å². The van der Waals surface area contributed by atoms with Gasteiger partial charge >= 0.3 is 0 Å². The molecule has 0 saturated carbocycles. The van der Waals surface area contributed by atoms with E-state index in [0.29, 0.717) is 33.4 Å². The lowest BCUT2D eigenvalue weighted by molar-refractivity contribution is 0.0953. The smallest absolute Gasteiger partial charge is 0.267 e. The molecule has 0 spiro atoms. The van der Waals surface area contributed by atoms with Crippen LogP contribution in [0.2, 0.25) is 5.02 Å². The number of nitrogens with zero attached hydrogens (tertiary/aromatic N) is 1. The fraction of sp³-hybridized carbons (Fsp3) is 0.190. The quantitative estimate of drug-likeness (QED) is 0.556. The minimum Gasteiger partial charge on any atom is -0.352 e. The van der Waals surface area contributed by atoms with Gasteiger partial charge < -0.3 is 10.6 Å². The third kappa shape index (κ3) is 4.99. The van der Waals surface area contributed by atoms with Crippen LogP contribution in [0.25, 0.3) is 10.6 Å². The number of nitrogens with one attached hydrogen (secondary N) is 2. The van der Waals surface area contributed by atoms with Crippen LogP contribution in [-0.2, 0) is 0 Å². The Morgan fingerprint density at radius 2 is 1.86 bits per heavy atom. The molecule has 3 aromatic rings. The molecule has 0 atom stereocenters. The van der Waals surface area contributed by atoms with Crippen LogP contribution >= 0.6 is 22.9 Å². The van der Waals surface area contributed by atoms with E-state index in [1.165, 1.54) is 29.5 Å². The van der Waals surface area contributed by atoms with E-state index in [0.717, 1.165) is 12.0 Å². The number of aromatic nitrogens is 1. The average molecular weight is 432 g/mol.